The Kier molecular flexibility index (Phi) is 3.19. The zero-order valence-corrected chi connectivity index (χ0v) is 9.57. The third kappa shape index (κ3) is 2.28. The number of halogens is 2. The molecule has 1 aromatic rings. The number of hydrogen-bond acceptors (Lipinski definition) is 2. The van der Waals surface area contributed by atoms with Crippen molar-refractivity contribution in [3.8, 4) is 5.75 Å². The Morgan fingerprint density at radius 3 is 2.60 bits per heavy atom. The van der Waals surface area contributed by atoms with E-state index in [1.54, 1.807) is 6.07 Å². The van der Waals surface area contributed by atoms with Crippen LogP contribution in [0.2, 0.25) is 10.0 Å². The number of rotatable bonds is 1. The topological polar surface area (TPSA) is 32.3 Å². The summed E-state index contributed by atoms with van der Waals surface area (Å²) in [6.45, 7) is 1.73. The van der Waals surface area contributed by atoms with Crippen molar-refractivity contribution in [2.24, 2.45) is 0 Å². The summed E-state index contributed by atoms with van der Waals surface area (Å²) in [5, 5.41) is 13.8. The molecule has 2 nitrogen and oxygen atoms in total. The smallest absolute Gasteiger partial charge is 0.124 e. The van der Waals surface area contributed by atoms with Gasteiger partial charge in [-0.1, -0.05) is 29.3 Å². The average molecular weight is 244 g/mol. The van der Waals surface area contributed by atoms with Crippen molar-refractivity contribution in [1.82, 2.24) is 5.32 Å². The molecule has 0 amide bonds. The number of phenolic OH excluding ortho intramolecular Hbond substituents is 1. The molecule has 80 valence electrons. The summed E-state index contributed by atoms with van der Waals surface area (Å²) >= 11 is 11.7. The highest BCUT2D eigenvalue weighted by atomic mass is 35.5. The van der Waals surface area contributed by atoms with Crippen LogP contribution in [-0.4, -0.2) is 18.2 Å². The molecule has 2 N–H and O–H groups in total. The molecule has 1 aromatic carbocycles. The first kappa shape index (κ1) is 10.8. The van der Waals surface area contributed by atoms with Gasteiger partial charge in [0.1, 0.15) is 5.75 Å². The van der Waals surface area contributed by atoms with Gasteiger partial charge in [-0.15, -0.1) is 0 Å². The monoisotopic (exact) mass is 243 g/mol. The number of hydrogen-bond donors (Lipinski definition) is 2. The minimum absolute atomic E-state index is 0.180. The second-order valence-electron chi connectivity index (χ2n) is 3.48. The van der Waals surface area contributed by atoms with Crippen molar-refractivity contribution in [3.05, 3.63) is 33.8 Å². The number of benzene rings is 1. The molecule has 0 spiro atoms. The van der Waals surface area contributed by atoms with Crippen molar-refractivity contribution in [3.63, 3.8) is 0 Å². The summed E-state index contributed by atoms with van der Waals surface area (Å²) in [6.07, 6.45) is 3.07. The molecule has 0 saturated carbocycles. The molecule has 0 bridgehead atoms. The highest BCUT2D eigenvalue weighted by Gasteiger charge is 2.12. The predicted molar refractivity (Wildman–Crippen MR) is 63.6 cm³/mol. The first-order chi connectivity index (χ1) is 7.18. The van der Waals surface area contributed by atoms with Crippen molar-refractivity contribution < 1.29 is 5.11 Å². The summed E-state index contributed by atoms with van der Waals surface area (Å²) < 4.78 is 0. The van der Waals surface area contributed by atoms with E-state index in [0.29, 0.717) is 10.0 Å². The van der Waals surface area contributed by atoms with E-state index in [0.717, 1.165) is 30.6 Å². The zero-order chi connectivity index (χ0) is 10.8. The molecule has 0 saturated heterocycles. The highest BCUT2D eigenvalue weighted by molar-refractivity contribution is 6.42. The second kappa shape index (κ2) is 4.44. The van der Waals surface area contributed by atoms with Crippen LogP contribution in [0.1, 0.15) is 12.0 Å². The number of phenols is 1. The number of nitrogens with one attached hydrogen (secondary N) is 1. The molecule has 0 atom stereocenters. The van der Waals surface area contributed by atoms with Crippen molar-refractivity contribution >= 4 is 28.8 Å². The fourth-order valence-corrected chi connectivity index (χ4v) is 1.96. The highest BCUT2D eigenvalue weighted by Crippen LogP contribution is 2.34. The van der Waals surface area contributed by atoms with Crippen LogP contribution in [0.15, 0.2) is 18.2 Å². The Morgan fingerprint density at radius 1 is 1.20 bits per heavy atom. The number of aromatic hydroxyl groups is 1. The van der Waals surface area contributed by atoms with Crippen LogP contribution in [0.3, 0.4) is 0 Å². The van der Waals surface area contributed by atoms with E-state index in [4.69, 9.17) is 23.2 Å². The summed E-state index contributed by atoms with van der Waals surface area (Å²) in [6, 6.07) is 3.19. The van der Waals surface area contributed by atoms with E-state index in [1.807, 2.05) is 0 Å². The molecular weight excluding hydrogens is 233 g/mol. The van der Waals surface area contributed by atoms with Gasteiger partial charge in [-0.3, -0.25) is 0 Å². The van der Waals surface area contributed by atoms with E-state index < -0.39 is 0 Å². The van der Waals surface area contributed by atoms with E-state index in [-0.39, 0.29) is 5.75 Å². The lowest BCUT2D eigenvalue weighted by Crippen LogP contribution is -2.21. The predicted octanol–water partition coefficient (Wildman–Crippen LogP) is 3.08. The van der Waals surface area contributed by atoms with Gasteiger partial charge in [0.05, 0.1) is 10.0 Å². The molecule has 1 heterocycles. The summed E-state index contributed by atoms with van der Waals surface area (Å²) in [5.74, 6) is 0.180. The van der Waals surface area contributed by atoms with E-state index in [2.05, 4.69) is 11.4 Å². The molecule has 2 rings (SSSR count). The summed E-state index contributed by atoms with van der Waals surface area (Å²) in [4.78, 5) is 0. The Hall–Kier alpha value is -0.700. The molecule has 1 aliphatic rings. The Balaban J connectivity index is 2.43. The second-order valence-corrected chi connectivity index (χ2v) is 4.29. The van der Waals surface area contributed by atoms with Crippen molar-refractivity contribution in [2.45, 2.75) is 6.42 Å². The van der Waals surface area contributed by atoms with Gasteiger partial charge in [0, 0.05) is 18.2 Å². The third-order valence-electron chi connectivity index (χ3n) is 2.41. The lowest BCUT2D eigenvalue weighted by molar-refractivity contribution is 0.473. The van der Waals surface area contributed by atoms with Crippen LogP contribution >= 0.6 is 23.2 Å². The van der Waals surface area contributed by atoms with Crippen LogP contribution < -0.4 is 5.32 Å². The van der Waals surface area contributed by atoms with Crippen LogP contribution in [0.4, 0.5) is 0 Å². The van der Waals surface area contributed by atoms with E-state index in [1.165, 1.54) is 6.07 Å². The van der Waals surface area contributed by atoms with Gasteiger partial charge < -0.3 is 10.4 Å². The molecule has 1 aliphatic heterocycles. The van der Waals surface area contributed by atoms with Gasteiger partial charge in [0.2, 0.25) is 0 Å². The molecule has 0 unspecified atom stereocenters. The lowest BCUT2D eigenvalue weighted by Gasteiger charge is -2.16. The van der Waals surface area contributed by atoms with Gasteiger partial charge >= 0.3 is 0 Å². The quantitative estimate of drug-likeness (QED) is 0.795. The molecule has 0 aromatic heterocycles. The first-order valence-corrected chi connectivity index (χ1v) is 5.52. The zero-order valence-electron chi connectivity index (χ0n) is 8.06. The molecule has 0 radical (unpaired) electrons. The van der Waals surface area contributed by atoms with Gasteiger partial charge in [-0.05, 0) is 24.6 Å². The van der Waals surface area contributed by atoms with Gasteiger partial charge in [0.15, 0.2) is 0 Å². The third-order valence-corrected chi connectivity index (χ3v) is 3.13. The van der Waals surface area contributed by atoms with E-state index in [9.17, 15) is 5.11 Å². The Morgan fingerprint density at radius 2 is 1.93 bits per heavy atom. The molecular formula is C11H11Cl2NO. The maximum atomic E-state index is 9.76. The van der Waals surface area contributed by atoms with Crippen LogP contribution in [0.5, 0.6) is 5.75 Å². The van der Waals surface area contributed by atoms with E-state index >= 15 is 0 Å². The van der Waals surface area contributed by atoms with Crippen LogP contribution in [0.25, 0.3) is 5.57 Å². The Labute approximate surface area is 98.5 Å². The minimum atomic E-state index is 0.180. The largest absolute Gasteiger partial charge is 0.507 e. The molecule has 15 heavy (non-hydrogen) atoms. The Bertz CT molecular complexity index is 415. The normalized spacial score (nSPS) is 16.3. The van der Waals surface area contributed by atoms with Gasteiger partial charge in [0.25, 0.3) is 0 Å². The fourth-order valence-electron chi connectivity index (χ4n) is 1.64. The lowest BCUT2D eigenvalue weighted by atomic mass is 10.0. The van der Waals surface area contributed by atoms with Crippen molar-refractivity contribution in [2.75, 3.05) is 13.1 Å². The summed E-state index contributed by atoms with van der Waals surface area (Å²) in [5.41, 5.74) is 1.83. The van der Waals surface area contributed by atoms with Gasteiger partial charge in [-0.2, -0.15) is 0 Å². The molecule has 4 heteroatoms. The average Bonchev–Trinajstić information content (AvgIpc) is 2.25. The maximum Gasteiger partial charge on any atom is 0.124 e. The summed E-state index contributed by atoms with van der Waals surface area (Å²) in [7, 11) is 0. The SMILES string of the molecule is Oc1cc(Cl)c(Cl)cc1C1=CCCNC1. The fraction of sp³-hybridized carbons (Fsp3) is 0.273. The van der Waals surface area contributed by atoms with Crippen molar-refractivity contribution in [1.29, 1.82) is 0 Å². The molecule has 0 aliphatic carbocycles. The van der Waals surface area contributed by atoms with Crippen LogP contribution in [0, 0.1) is 0 Å². The maximum absolute atomic E-state index is 9.76. The standard InChI is InChI=1S/C11H11Cl2NO/c12-9-4-8(11(15)5-10(9)13)7-2-1-3-14-6-7/h2,4-5,14-15H,1,3,6H2. The first-order valence-electron chi connectivity index (χ1n) is 4.76. The van der Waals surface area contributed by atoms with Crippen LogP contribution in [-0.2, 0) is 0 Å². The van der Waals surface area contributed by atoms with Gasteiger partial charge in [-0.25, -0.2) is 0 Å². The minimum Gasteiger partial charge on any atom is -0.507 e. The molecule has 0 fully saturated rings.